The van der Waals surface area contributed by atoms with E-state index in [1.165, 1.54) is 16.9 Å². The van der Waals surface area contributed by atoms with Gasteiger partial charge in [-0.3, -0.25) is 0 Å². The van der Waals surface area contributed by atoms with Crippen molar-refractivity contribution >= 4 is 11.3 Å². The molecule has 0 radical (unpaired) electrons. The number of fused-ring (bicyclic) bond motifs is 1. The highest BCUT2D eigenvalue weighted by Crippen LogP contribution is 2.33. The minimum absolute atomic E-state index is 0.362. The Hall–Kier alpha value is -1.52. The molecule has 2 heterocycles. The highest BCUT2D eigenvalue weighted by atomic mass is 32.1. The molecule has 21 heavy (non-hydrogen) atoms. The highest BCUT2D eigenvalue weighted by Gasteiger charge is 2.15. The fourth-order valence-electron chi connectivity index (χ4n) is 2.69. The van der Waals surface area contributed by atoms with E-state index in [1.54, 1.807) is 0 Å². The summed E-state index contributed by atoms with van der Waals surface area (Å²) in [6.07, 6.45) is 3.45. The average molecular weight is 303 g/mol. The maximum atomic E-state index is 5.67. The van der Waals surface area contributed by atoms with Crippen LogP contribution in [0.2, 0.25) is 0 Å². The maximum absolute atomic E-state index is 5.67. The Kier molecular flexibility index (Phi) is 4.78. The van der Waals surface area contributed by atoms with Crippen LogP contribution in [-0.4, -0.2) is 20.3 Å². The summed E-state index contributed by atoms with van der Waals surface area (Å²) in [6.45, 7) is 1.28. The van der Waals surface area contributed by atoms with Gasteiger partial charge in [0.25, 0.3) is 0 Å². The summed E-state index contributed by atoms with van der Waals surface area (Å²) in [6, 6.07) is 11.0. The second-order valence-corrected chi connectivity index (χ2v) is 6.25. The number of hydrogen-bond acceptors (Lipinski definition) is 4. The summed E-state index contributed by atoms with van der Waals surface area (Å²) in [4.78, 5) is 1.46. The largest absolute Gasteiger partial charge is 0.486 e. The lowest BCUT2D eigenvalue weighted by Crippen LogP contribution is -2.19. The molecular weight excluding hydrogens is 282 g/mol. The minimum Gasteiger partial charge on any atom is -0.486 e. The van der Waals surface area contributed by atoms with Crippen LogP contribution in [0.5, 0.6) is 11.5 Å². The SMILES string of the molecule is CNC(CCCc1cccs1)c1ccc2c(c1)OCCO2. The first-order chi connectivity index (χ1) is 10.4. The van der Waals surface area contributed by atoms with Gasteiger partial charge in [0.05, 0.1) is 0 Å². The van der Waals surface area contributed by atoms with Crippen molar-refractivity contribution in [1.29, 1.82) is 0 Å². The van der Waals surface area contributed by atoms with E-state index in [2.05, 4.69) is 35.0 Å². The summed E-state index contributed by atoms with van der Waals surface area (Å²) in [5.74, 6) is 1.73. The Bertz CT molecular complexity index is 568. The standard InChI is InChI=1S/C17H21NO2S/c1-18-15(6-2-4-14-5-3-11-21-14)13-7-8-16-17(12-13)20-10-9-19-16/h3,5,7-8,11-12,15,18H,2,4,6,9-10H2,1H3. The Labute approximate surface area is 129 Å². The van der Waals surface area contributed by atoms with E-state index in [4.69, 9.17) is 9.47 Å². The lowest BCUT2D eigenvalue weighted by Gasteiger charge is -2.22. The first-order valence-electron chi connectivity index (χ1n) is 7.46. The zero-order valence-corrected chi connectivity index (χ0v) is 13.1. The third-order valence-electron chi connectivity index (χ3n) is 3.81. The van der Waals surface area contributed by atoms with Crippen LogP contribution in [0.25, 0.3) is 0 Å². The average Bonchev–Trinajstić information content (AvgIpc) is 3.04. The summed E-state index contributed by atoms with van der Waals surface area (Å²) in [5, 5.41) is 5.56. The second kappa shape index (κ2) is 6.96. The van der Waals surface area contributed by atoms with E-state index in [0.717, 1.165) is 24.3 Å². The molecular formula is C17H21NO2S. The zero-order valence-electron chi connectivity index (χ0n) is 12.3. The summed E-state index contributed by atoms with van der Waals surface area (Å²) < 4.78 is 11.2. The molecule has 4 heteroatoms. The van der Waals surface area contributed by atoms with E-state index in [-0.39, 0.29) is 0 Å². The van der Waals surface area contributed by atoms with Crippen LogP contribution in [0.3, 0.4) is 0 Å². The molecule has 0 bridgehead atoms. The molecule has 1 N–H and O–H groups in total. The molecule has 0 saturated carbocycles. The Morgan fingerprint density at radius 1 is 1.19 bits per heavy atom. The van der Waals surface area contributed by atoms with Gasteiger partial charge in [-0.25, -0.2) is 0 Å². The van der Waals surface area contributed by atoms with Crippen LogP contribution in [-0.2, 0) is 6.42 Å². The molecule has 0 spiro atoms. The lowest BCUT2D eigenvalue weighted by molar-refractivity contribution is 0.171. The van der Waals surface area contributed by atoms with Crippen molar-refractivity contribution < 1.29 is 9.47 Å². The van der Waals surface area contributed by atoms with Gasteiger partial charge in [-0.1, -0.05) is 12.1 Å². The summed E-state index contributed by atoms with van der Waals surface area (Å²) >= 11 is 1.84. The van der Waals surface area contributed by atoms with Crippen molar-refractivity contribution in [2.24, 2.45) is 0 Å². The predicted molar refractivity (Wildman–Crippen MR) is 86.5 cm³/mol. The van der Waals surface area contributed by atoms with Crippen LogP contribution in [0.4, 0.5) is 0 Å². The van der Waals surface area contributed by atoms with Crippen LogP contribution in [0, 0.1) is 0 Å². The van der Waals surface area contributed by atoms with Crippen molar-refractivity contribution in [3.63, 3.8) is 0 Å². The minimum atomic E-state index is 0.362. The van der Waals surface area contributed by atoms with E-state index < -0.39 is 0 Å². The highest BCUT2D eigenvalue weighted by molar-refractivity contribution is 7.09. The monoisotopic (exact) mass is 303 g/mol. The Morgan fingerprint density at radius 3 is 2.81 bits per heavy atom. The molecule has 0 amide bonds. The number of rotatable bonds is 6. The molecule has 0 fully saturated rings. The smallest absolute Gasteiger partial charge is 0.161 e. The zero-order chi connectivity index (χ0) is 14.5. The van der Waals surface area contributed by atoms with E-state index in [1.807, 2.05) is 24.5 Å². The molecule has 3 rings (SSSR count). The van der Waals surface area contributed by atoms with Gasteiger partial charge >= 0.3 is 0 Å². The number of nitrogens with one attached hydrogen (secondary N) is 1. The Balaban J connectivity index is 1.62. The molecule has 1 unspecified atom stereocenters. The maximum Gasteiger partial charge on any atom is 0.161 e. The summed E-state index contributed by atoms with van der Waals surface area (Å²) in [5.41, 5.74) is 1.27. The van der Waals surface area contributed by atoms with Crippen molar-refractivity contribution in [3.8, 4) is 11.5 Å². The first kappa shape index (κ1) is 14.4. The molecule has 1 aliphatic rings. The van der Waals surface area contributed by atoms with Crippen molar-refractivity contribution in [3.05, 3.63) is 46.2 Å². The fraction of sp³-hybridized carbons (Fsp3) is 0.412. The third-order valence-corrected chi connectivity index (χ3v) is 4.75. The number of aryl methyl sites for hydroxylation is 1. The van der Waals surface area contributed by atoms with Gasteiger partial charge in [0.15, 0.2) is 11.5 Å². The normalized spacial score (nSPS) is 14.9. The molecule has 2 aromatic rings. The van der Waals surface area contributed by atoms with Crippen LogP contribution in [0.15, 0.2) is 35.7 Å². The quantitative estimate of drug-likeness (QED) is 0.880. The van der Waals surface area contributed by atoms with E-state index >= 15 is 0 Å². The van der Waals surface area contributed by atoms with Gasteiger partial charge in [0.2, 0.25) is 0 Å². The van der Waals surface area contributed by atoms with Gasteiger partial charge in [0, 0.05) is 10.9 Å². The van der Waals surface area contributed by atoms with Crippen LogP contribution < -0.4 is 14.8 Å². The van der Waals surface area contributed by atoms with Crippen LogP contribution >= 0.6 is 11.3 Å². The van der Waals surface area contributed by atoms with Gasteiger partial charge in [0.1, 0.15) is 13.2 Å². The molecule has 0 saturated heterocycles. The van der Waals surface area contributed by atoms with Crippen molar-refractivity contribution in [2.75, 3.05) is 20.3 Å². The van der Waals surface area contributed by atoms with Gasteiger partial charge < -0.3 is 14.8 Å². The second-order valence-electron chi connectivity index (χ2n) is 5.22. The van der Waals surface area contributed by atoms with E-state index in [9.17, 15) is 0 Å². The number of benzene rings is 1. The van der Waals surface area contributed by atoms with Gasteiger partial charge in [-0.2, -0.15) is 0 Å². The molecule has 112 valence electrons. The predicted octanol–water partition coefficient (Wildman–Crippen LogP) is 3.80. The van der Waals surface area contributed by atoms with Gasteiger partial charge in [-0.15, -0.1) is 11.3 Å². The van der Waals surface area contributed by atoms with Crippen molar-refractivity contribution in [2.45, 2.75) is 25.3 Å². The third kappa shape index (κ3) is 3.57. The van der Waals surface area contributed by atoms with Crippen molar-refractivity contribution in [1.82, 2.24) is 5.32 Å². The fourth-order valence-corrected chi connectivity index (χ4v) is 3.44. The summed E-state index contributed by atoms with van der Waals surface area (Å²) in [7, 11) is 2.02. The molecule has 3 nitrogen and oxygen atoms in total. The Morgan fingerprint density at radius 2 is 2.05 bits per heavy atom. The van der Waals surface area contributed by atoms with Gasteiger partial charge in [-0.05, 0) is 55.5 Å². The molecule has 1 aromatic heterocycles. The molecule has 0 aliphatic carbocycles. The topological polar surface area (TPSA) is 30.5 Å². The first-order valence-corrected chi connectivity index (χ1v) is 8.34. The number of ether oxygens (including phenoxy) is 2. The molecule has 1 aliphatic heterocycles. The number of thiophene rings is 1. The van der Waals surface area contributed by atoms with E-state index in [0.29, 0.717) is 19.3 Å². The molecule has 1 aromatic carbocycles. The van der Waals surface area contributed by atoms with Crippen LogP contribution in [0.1, 0.15) is 29.3 Å². The number of hydrogen-bond donors (Lipinski definition) is 1. The lowest BCUT2D eigenvalue weighted by atomic mass is 10.00. The molecule has 1 atom stereocenters.